The molecule has 4 rings (SSSR count). The highest BCUT2D eigenvalue weighted by atomic mass is 19.2. The van der Waals surface area contributed by atoms with Crippen LogP contribution < -0.4 is 0 Å². The summed E-state index contributed by atoms with van der Waals surface area (Å²) in [6.07, 6.45) is 4.04. The van der Waals surface area contributed by atoms with E-state index in [2.05, 4.69) is 0 Å². The number of carbonyl (C=O) groups is 2. The van der Waals surface area contributed by atoms with Crippen molar-refractivity contribution in [1.29, 1.82) is 0 Å². The van der Waals surface area contributed by atoms with E-state index < -0.39 is 41.0 Å². The lowest BCUT2D eigenvalue weighted by atomic mass is 9.86. The second kappa shape index (κ2) is 8.33. The summed E-state index contributed by atoms with van der Waals surface area (Å²) in [6, 6.07) is 5.05. The molecule has 1 fully saturated rings. The fraction of sp³-hybridized carbons (Fsp3) is 0.333. The molecule has 32 heavy (non-hydrogen) atoms. The van der Waals surface area contributed by atoms with Gasteiger partial charge >= 0.3 is 5.97 Å². The van der Waals surface area contributed by atoms with Gasteiger partial charge in [0.25, 0.3) is 5.91 Å². The molecule has 2 N–H and O–H groups in total. The molecule has 1 unspecified atom stereocenters. The number of aromatic nitrogens is 1. The fourth-order valence-corrected chi connectivity index (χ4v) is 4.85. The number of halogens is 3. The van der Waals surface area contributed by atoms with E-state index in [9.17, 15) is 28.6 Å². The Kier molecular flexibility index (Phi) is 5.71. The highest BCUT2D eigenvalue weighted by Crippen LogP contribution is 2.42. The molecule has 0 saturated heterocycles. The Morgan fingerprint density at radius 2 is 1.78 bits per heavy atom. The molecule has 1 aliphatic rings. The molecule has 5 nitrogen and oxygen atoms in total. The van der Waals surface area contributed by atoms with Crippen molar-refractivity contribution in [3.8, 4) is 5.75 Å². The normalized spacial score (nSPS) is 15.4. The van der Waals surface area contributed by atoms with Gasteiger partial charge in [0.05, 0.1) is 11.4 Å². The number of fused-ring (bicyclic) bond motifs is 1. The summed E-state index contributed by atoms with van der Waals surface area (Å²) in [7, 11) is 0. The van der Waals surface area contributed by atoms with Gasteiger partial charge in [-0.25, -0.2) is 13.2 Å². The summed E-state index contributed by atoms with van der Waals surface area (Å²) >= 11 is 0. The molecule has 0 radical (unpaired) electrons. The van der Waals surface area contributed by atoms with Crippen molar-refractivity contribution in [2.45, 2.75) is 44.9 Å². The van der Waals surface area contributed by atoms with Gasteiger partial charge in [0, 0.05) is 16.6 Å². The summed E-state index contributed by atoms with van der Waals surface area (Å²) in [5.74, 6) is -6.84. The molecule has 1 aliphatic carbocycles. The van der Waals surface area contributed by atoms with Crippen LogP contribution in [-0.4, -0.2) is 26.7 Å². The van der Waals surface area contributed by atoms with Crippen molar-refractivity contribution in [3.05, 3.63) is 64.6 Å². The number of phenolic OH excluding ortho intramolecular Hbond substituents is 1. The number of hydrogen-bond donors (Lipinski definition) is 2. The van der Waals surface area contributed by atoms with Crippen LogP contribution in [0.25, 0.3) is 10.9 Å². The Labute approximate surface area is 182 Å². The van der Waals surface area contributed by atoms with E-state index in [0.29, 0.717) is 0 Å². The van der Waals surface area contributed by atoms with Crippen LogP contribution in [0.3, 0.4) is 0 Å². The number of nitrogens with zero attached hydrogens (tertiary/aromatic N) is 1. The molecule has 1 heterocycles. The van der Waals surface area contributed by atoms with Crippen molar-refractivity contribution >= 4 is 22.8 Å². The molecule has 0 spiro atoms. The zero-order valence-electron chi connectivity index (χ0n) is 17.4. The maximum absolute atomic E-state index is 15.1. The summed E-state index contributed by atoms with van der Waals surface area (Å²) in [6.45, 7) is 1.49. The lowest BCUT2D eigenvalue weighted by molar-refractivity contribution is -0.139. The lowest BCUT2D eigenvalue weighted by Gasteiger charge is -2.18. The first kappa shape index (κ1) is 21.9. The number of carboxylic acids is 1. The number of aliphatic carboxylic acids is 1. The average molecular weight is 445 g/mol. The average Bonchev–Trinajstić information content (AvgIpc) is 3.36. The zero-order valence-corrected chi connectivity index (χ0v) is 17.4. The molecule has 1 aromatic heterocycles. The highest BCUT2D eigenvalue weighted by molar-refractivity contribution is 6.05. The Hall–Kier alpha value is -3.29. The van der Waals surface area contributed by atoms with E-state index in [1.165, 1.54) is 13.0 Å². The van der Waals surface area contributed by atoms with Crippen molar-refractivity contribution in [2.75, 3.05) is 0 Å². The molecule has 168 valence electrons. The molecule has 0 aliphatic heterocycles. The van der Waals surface area contributed by atoms with Gasteiger partial charge in [-0.3, -0.25) is 14.2 Å². The second-order valence-electron chi connectivity index (χ2n) is 8.34. The third-order valence-electron chi connectivity index (χ3n) is 6.40. The van der Waals surface area contributed by atoms with Crippen molar-refractivity contribution in [3.63, 3.8) is 0 Å². The molecule has 2 aromatic carbocycles. The highest BCUT2D eigenvalue weighted by Gasteiger charge is 2.34. The summed E-state index contributed by atoms with van der Waals surface area (Å²) in [5.41, 5.74) is 0.181. The quantitative estimate of drug-likeness (QED) is 0.543. The van der Waals surface area contributed by atoms with E-state index >= 15 is 4.39 Å². The summed E-state index contributed by atoms with van der Waals surface area (Å²) < 4.78 is 43.3. The predicted octanol–water partition coefficient (Wildman–Crippen LogP) is 5.51. The van der Waals surface area contributed by atoms with Crippen LogP contribution in [-0.2, 0) is 4.79 Å². The van der Waals surface area contributed by atoms with Crippen LogP contribution in [0.4, 0.5) is 13.2 Å². The first-order valence-corrected chi connectivity index (χ1v) is 10.5. The van der Waals surface area contributed by atoms with Crippen molar-refractivity contribution in [2.24, 2.45) is 5.92 Å². The Morgan fingerprint density at radius 1 is 1.09 bits per heavy atom. The third kappa shape index (κ3) is 3.63. The maximum atomic E-state index is 15.1. The van der Waals surface area contributed by atoms with Crippen LogP contribution in [0.5, 0.6) is 5.75 Å². The van der Waals surface area contributed by atoms with Gasteiger partial charge < -0.3 is 10.2 Å². The predicted molar refractivity (Wildman–Crippen MR) is 111 cm³/mol. The lowest BCUT2D eigenvalue weighted by Crippen LogP contribution is -2.18. The molecular formula is C24H22F3NO4. The van der Waals surface area contributed by atoms with Gasteiger partial charge in [0.15, 0.2) is 23.2 Å². The molecule has 8 heteroatoms. The standard InChI is InChI=1S/C24H22F3NO4/c1-12-20(15(24(31)32)10-13-4-2-3-5-13)21-18(8-9-19(29)22(21)27)28(12)23(30)14-6-7-16(25)17(26)11-14/h6-9,11,13,15,29H,2-5,10H2,1H3,(H,31,32). The summed E-state index contributed by atoms with van der Waals surface area (Å²) in [4.78, 5) is 25.5. The first-order chi connectivity index (χ1) is 15.2. The fourth-order valence-electron chi connectivity index (χ4n) is 4.85. The Morgan fingerprint density at radius 3 is 2.41 bits per heavy atom. The second-order valence-corrected chi connectivity index (χ2v) is 8.34. The smallest absolute Gasteiger partial charge is 0.311 e. The van der Waals surface area contributed by atoms with E-state index in [0.717, 1.165) is 54.5 Å². The van der Waals surface area contributed by atoms with Gasteiger partial charge in [-0.05, 0) is 55.2 Å². The van der Waals surface area contributed by atoms with Gasteiger partial charge in [-0.15, -0.1) is 0 Å². The van der Waals surface area contributed by atoms with Crippen molar-refractivity contribution in [1.82, 2.24) is 4.57 Å². The Bertz CT molecular complexity index is 1230. The number of phenols is 1. The molecule has 0 bridgehead atoms. The van der Waals surface area contributed by atoms with E-state index in [1.807, 2.05) is 0 Å². The van der Waals surface area contributed by atoms with E-state index in [1.54, 1.807) is 0 Å². The third-order valence-corrected chi connectivity index (χ3v) is 6.40. The van der Waals surface area contributed by atoms with E-state index in [4.69, 9.17) is 0 Å². The van der Waals surface area contributed by atoms with Crippen LogP contribution in [0.2, 0.25) is 0 Å². The Balaban J connectivity index is 1.94. The van der Waals surface area contributed by atoms with Crippen molar-refractivity contribution < 1.29 is 33.0 Å². The van der Waals surface area contributed by atoms with Gasteiger partial charge in [0.2, 0.25) is 0 Å². The largest absolute Gasteiger partial charge is 0.505 e. The van der Waals surface area contributed by atoms with Crippen LogP contribution >= 0.6 is 0 Å². The number of rotatable bonds is 5. The molecule has 1 atom stereocenters. The van der Waals surface area contributed by atoms with Crippen LogP contribution in [0.1, 0.15) is 59.6 Å². The number of benzene rings is 2. The topological polar surface area (TPSA) is 79.5 Å². The van der Waals surface area contributed by atoms with Gasteiger partial charge in [0.1, 0.15) is 0 Å². The van der Waals surface area contributed by atoms with Gasteiger partial charge in [-0.1, -0.05) is 25.7 Å². The number of aromatic hydroxyl groups is 1. The molecule has 3 aromatic rings. The van der Waals surface area contributed by atoms with E-state index in [-0.39, 0.29) is 40.1 Å². The molecule has 1 saturated carbocycles. The zero-order chi connectivity index (χ0) is 23.2. The number of carbonyl (C=O) groups excluding carboxylic acids is 1. The first-order valence-electron chi connectivity index (χ1n) is 10.5. The SMILES string of the molecule is Cc1c(C(CC2CCCC2)C(=O)O)c2c(F)c(O)ccc2n1C(=O)c1ccc(F)c(F)c1. The number of hydrogen-bond acceptors (Lipinski definition) is 3. The minimum Gasteiger partial charge on any atom is -0.505 e. The van der Waals surface area contributed by atoms with Crippen LogP contribution in [0.15, 0.2) is 30.3 Å². The minimum atomic E-state index is -1.21. The van der Waals surface area contributed by atoms with Gasteiger partial charge in [-0.2, -0.15) is 0 Å². The summed E-state index contributed by atoms with van der Waals surface area (Å²) in [5, 5.41) is 19.8. The monoisotopic (exact) mass is 445 g/mol. The molecule has 0 amide bonds. The molecular weight excluding hydrogens is 423 g/mol. The van der Waals surface area contributed by atoms with Crippen LogP contribution in [0, 0.1) is 30.3 Å². The minimum absolute atomic E-state index is 0.0557. The number of carboxylic acid groups (broad SMARTS) is 1. The maximum Gasteiger partial charge on any atom is 0.311 e.